The number of hydrogen-bond donors (Lipinski definition) is 2. The van der Waals surface area contributed by atoms with Crippen LogP contribution >= 0.6 is 0 Å². The van der Waals surface area contributed by atoms with Crippen molar-refractivity contribution in [3.8, 4) is 11.3 Å². The fourth-order valence-electron chi connectivity index (χ4n) is 4.07. The molecule has 0 bridgehead atoms. The summed E-state index contributed by atoms with van der Waals surface area (Å²) in [7, 11) is 0. The number of fused-ring (bicyclic) bond motifs is 2. The van der Waals surface area contributed by atoms with Crippen LogP contribution in [-0.2, 0) is 0 Å². The summed E-state index contributed by atoms with van der Waals surface area (Å²) >= 11 is 0. The molecule has 5 aromatic rings. The van der Waals surface area contributed by atoms with Crippen LogP contribution in [0.3, 0.4) is 0 Å². The average Bonchev–Trinajstić information content (AvgIpc) is 3.37. The number of anilines is 1. The van der Waals surface area contributed by atoms with Gasteiger partial charge < -0.3 is 19.2 Å². The van der Waals surface area contributed by atoms with E-state index in [4.69, 9.17) is 4.42 Å². The Morgan fingerprint density at radius 3 is 2.62 bits per heavy atom. The first-order valence-corrected chi connectivity index (χ1v) is 12.1. The Kier molecular flexibility index (Phi) is 7.62. The summed E-state index contributed by atoms with van der Waals surface area (Å²) in [6.45, 7) is 7.51. The Morgan fingerprint density at radius 1 is 1.21 bits per heavy atom. The van der Waals surface area contributed by atoms with E-state index < -0.39 is 11.9 Å². The predicted molar refractivity (Wildman–Crippen MR) is 148 cm³/mol. The summed E-state index contributed by atoms with van der Waals surface area (Å²) in [6.07, 6.45) is 6.01. The summed E-state index contributed by atoms with van der Waals surface area (Å²) in [4.78, 5) is 28.9. The van der Waals surface area contributed by atoms with Crippen LogP contribution in [0.2, 0.25) is 0 Å². The molecule has 1 atom stereocenters. The highest BCUT2D eigenvalue weighted by Gasteiger charge is 2.18. The van der Waals surface area contributed by atoms with E-state index in [1.807, 2.05) is 54.9 Å². The van der Waals surface area contributed by atoms with Crippen molar-refractivity contribution in [1.29, 1.82) is 0 Å². The maximum atomic E-state index is 13.0. The quantitative estimate of drug-likeness (QED) is 0.227. The summed E-state index contributed by atoms with van der Waals surface area (Å²) in [5, 5.41) is 13.3. The molecule has 2 aromatic carbocycles. The number of nitrogens with zero attached hydrogens (tertiary/aromatic N) is 2. The standard InChI is InChI=1S/C26H21N3O4.C4H6F2/c1-15-11-19(16(2)28-21-6-4-3-5-18(21)26(31)32)25-20(12-15)22(30)13-23(33-25)17-7-8-24-27-9-10-29(24)14-17;1-3-4(2,5)6/h3-14,16,28H,1-2H3,(H,31,32);3H,1H2,2H3. The SMILES string of the molecule is C=CC(C)(F)F.Cc1cc(C(C)Nc2ccccc2C(=O)O)c2oc(-c3ccc4nccn4c3)cc(=O)c2c1. The average molecular weight is 532 g/mol. The van der Waals surface area contributed by atoms with Crippen molar-refractivity contribution in [2.75, 3.05) is 5.32 Å². The molecule has 0 fully saturated rings. The predicted octanol–water partition coefficient (Wildman–Crippen LogP) is 7.12. The maximum Gasteiger partial charge on any atom is 0.337 e. The molecule has 0 aliphatic carbocycles. The number of benzene rings is 2. The monoisotopic (exact) mass is 531 g/mol. The third kappa shape index (κ3) is 6.20. The van der Waals surface area contributed by atoms with Gasteiger partial charge in [0, 0.05) is 48.4 Å². The number of carbonyl (C=O) groups is 1. The molecule has 200 valence electrons. The fraction of sp³-hybridized carbons (Fsp3) is 0.167. The number of carboxylic acids is 1. The topological polar surface area (TPSA) is 96.8 Å². The molecule has 0 saturated heterocycles. The zero-order valence-electron chi connectivity index (χ0n) is 21.6. The lowest BCUT2D eigenvalue weighted by atomic mass is 10.00. The van der Waals surface area contributed by atoms with E-state index in [2.05, 4.69) is 16.9 Å². The minimum Gasteiger partial charge on any atom is -0.478 e. The van der Waals surface area contributed by atoms with Gasteiger partial charge in [-0.1, -0.05) is 24.8 Å². The van der Waals surface area contributed by atoms with Crippen LogP contribution in [0.25, 0.3) is 27.9 Å². The molecule has 1 unspecified atom stereocenters. The van der Waals surface area contributed by atoms with E-state index in [-0.39, 0.29) is 17.0 Å². The number of carboxylic acid groups (broad SMARTS) is 1. The zero-order chi connectivity index (χ0) is 28.3. The number of aryl methyl sites for hydroxylation is 1. The molecule has 3 aromatic heterocycles. The number of alkyl halides is 2. The van der Waals surface area contributed by atoms with Gasteiger partial charge in [-0.3, -0.25) is 4.79 Å². The van der Waals surface area contributed by atoms with E-state index in [0.717, 1.165) is 29.3 Å². The maximum absolute atomic E-state index is 13.0. The van der Waals surface area contributed by atoms with Crippen LogP contribution in [0.5, 0.6) is 0 Å². The van der Waals surface area contributed by atoms with E-state index in [1.54, 1.807) is 30.5 Å². The lowest BCUT2D eigenvalue weighted by molar-refractivity contribution is 0.0697. The molecule has 0 amide bonds. The molecule has 39 heavy (non-hydrogen) atoms. The van der Waals surface area contributed by atoms with Crippen molar-refractivity contribution in [3.05, 3.63) is 113 Å². The molecule has 0 spiro atoms. The number of hydrogen-bond acceptors (Lipinski definition) is 5. The molecule has 0 aliphatic heterocycles. The molecule has 0 saturated carbocycles. The Balaban J connectivity index is 0.000000531. The first kappa shape index (κ1) is 27.3. The van der Waals surface area contributed by atoms with Crippen molar-refractivity contribution in [2.45, 2.75) is 32.7 Å². The Morgan fingerprint density at radius 2 is 1.92 bits per heavy atom. The normalized spacial score (nSPS) is 12.0. The van der Waals surface area contributed by atoms with Crippen LogP contribution < -0.4 is 10.7 Å². The highest BCUT2D eigenvalue weighted by Crippen LogP contribution is 2.31. The van der Waals surface area contributed by atoms with Crippen molar-refractivity contribution < 1.29 is 23.1 Å². The van der Waals surface area contributed by atoms with Crippen LogP contribution in [-0.4, -0.2) is 26.4 Å². The summed E-state index contributed by atoms with van der Waals surface area (Å²) in [5.41, 5.74) is 4.25. The smallest absolute Gasteiger partial charge is 0.337 e. The highest BCUT2D eigenvalue weighted by atomic mass is 19.3. The molecule has 3 heterocycles. The third-order valence-corrected chi connectivity index (χ3v) is 6.03. The van der Waals surface area contributed by atoms with E-state index in [9.17, 15) is 23.5 Å². The van der Waals surface area contributed by atoms with Crippen molar-refractivity contribution in [3.63, 3.8) is 0 Å². The molecular formula is C30H27F2N3O4. The second kappa shape index (κ2) is 10.9. The van der Waals surface area contributed by atoms with Gasteiger partial charge in [-0.05, 0) is 55.8 Å². The van der Waals surface area contributed by atoms with Crippen molar-refractivity contribution in [1.82, 2.24) is 9.38 Å². The number of aromatic carboxylic acids is 1. The number of pyridine rings is 1. The van der Waals surface area contributed by atoms with Crippen LogP contribution in [0.4, 0.5) is 14.5 Å². The Labute approximate surface area is 223 Å². The first-order chi connectivity index (χ1) is 18.5. The lowest BCUT2D eigenvalue weighted by Gasteiger charge is -2.19. The number of para-hydroxylation sites is 1. The minimum absolute atomic E-state index is 0.139. The fourth-order valence-corrected chi connectivity index (χ4v) is 4.07. The number of allylic oxidation sites excluding steroid dienone is 1. The van der Waals surface area contributed by atoms with Crippen LogP contribution in [0.1, 0.15) is 41.4 Å². The largest absolute Gasteiger partial charge is 0.478 e. The number of imidazole rings is 1. The van der Waals surface area contributed by atoms with Gasteiger partial charge in [-0.15, -0.1) is 0 Å². The molecular weight excluding hydrogens is 504 g/mol. The van der Waals surface area contributed by atoms with Gasteiger partial charge in [0.2, 0.25) is 0 Å². The van der Waals surface area contributed by atoms with Crippen LogP contribution in [0.15, 0.2) is 95.1 Å². The van der Waals surface area contributed by atoms with E-state index >= 15 is 0 Å². The molecule has 9 heteroatoms. The second-order valence-electron chi connectivity index (χ2n) is 9.19. The number of nitrogens with one attached hydrogen (secondary N) is 1. The molecule has 2 N–H and O–H groups in total. The first-order valence-electron chi connectivity index (χ1n) is 12.1. The minimum atomic E-state index is -2.69. The van der Waals surface area contributed by atoms with Gasteiger partial charge >= 0.3 is 5.97 Å². The Hall–Kier alpha value is -4.79. The number of aromatic nitrogens is 2. The van der Waals surface area contributed by atoms with Gasteiger partial charge in [0.15, 0.2) is 5.43 Å². The van der Waals surface area contributed by atoms with Gasteiger partial charge in [0.25, 0.3) is 5.92 Å². The molecule has 0 aliphatic rings. The number of halogens is 2. The molecule has 7 nitrogen and oxygen atoms in total. The lowest BCUT2D eigenvalue weighted by Crippen LogP contribution is -2.12. The van der Waals surface area contributed by atoms with Crippen molar-refractivity contribution >= 4 is 28.3 Å². The van der Waals surface area contributed by atoms with Gasteiger partial charge in [0.1, 0.15) is 17.0 Å². The van der Waals surface area contributed by atoms with Gasteiger partial charge in [-0.25, -0.2) is 18.6 Å². The number of rotatable bonds is 6. The van der Waals surface area contributed by atoms with Gasteiger partial charge in [0.05, 0.1) is 17.0 Å². The van der Waals surface area contributed by atoms with Crippen LogP contribution in [0, 0.1) is 6.92 Å². The summed E-state index contributed by atoms with van der Waals surface area (Å²) in [5.74, 6) is -3.26. The third-order valence-electron chi connectivity index (χ3n) is 6.03. The highest BCUT2D eigenvalue weighted by molar-refractivity contribution is 5.94. The van der Waals surface area contributed by atoms with Crippen molar-refractivity contribution in [2.24, 2.45) is 0 Å². The van der Waals surface area contributed by atoms with Gasteiger partial charge in [-0.2, -0.15) is 0 Å². The van der Waals surface area contributed by atoms with E-state index in [0.29, 0.717) is 28.5 Å². The molecule has 5 rings (SSSR count). The zero-order valence-corrected chi connectivity index (χ0v) is 21.6. The molecule has 0 radical (unpaired) electrons. The summed E-state index contributed by atoms with van der Waals surface area (Å²) in [6, 6.07) is 15.4. The Bertz CT molecular complexity index is 1730. The van der Waals surface area contributed by atoms with E-state index in [1.165, 1.54) is 6.07 Å². The summed E-state index contributed by atoms with van der Waals surface area (Å²) < 4.78 is 30.8. The second-order valence-corrected chi connectivity index (χ2v) is 9.19.